The van der Waals surface area contributed by atoms with Gasteiger partial charge in [0.25, 0.3) is 0 Å². The number of tetrazole rings is 1. The summed E-state index contributed by atoms with van der Waals surface area (Å²) in [5, 5.41) is 19.4. The molecule has 0 amide bonds. The number of aromatic nitrogens is 7. The van der Waals surface area contributed by atoms with E-state index in [0.29, 0.717) is 18.9 Å². The molecule has 0 atom stereocenters. The molecule has 8 heteroatoms. The van der Waals surface area contributed by atoms with Gasteiger partial charge in [-0.05, 0) is 33.9 Å². The summed E-state index contributed by atoms with van der Waals surface area (Å²) >= 11 is 0. The quantitative estimate of drug-likeness (QED) is 0.329. The van der Waals surface area contributed by atoms with Crippen LogP contribution in [0.2, 0.25) is 0 Å². The first kappa shape index (κ1) is 22.6. The van der Waals surface area contributed by atoms with Crippen molar-refractivity contribution in [3.05, 3.63) is 89.7 Å². The van der Waals surface area contributed by atoms with Crippen molar-refractivity contribution in [2.75, 3.05) is 0 Å². The Bertz CT molecular complexity index is 1370. The summed E-state index contributed by atoms with van der Waals surface area (Å²) < 4.78 is 2.00. The molecule has 2 aromatic heterocycles. The van der Waals surface area contributed by atoms with Gasteiger partial charge in [-0.25, -0.2) is 9.67 Å². The molecule has 2 heterocycles. The minimum atomic E-state index is 0.525. The normalized spacial score (nSPS) is 11.1. The van der Waals surface area contributed by atoms with Crippen molar-refractivity contribution in [2.24, 2.45) is 5.73 Å². The molecule has 3 aromatic carbocycles. The van der Waals surface area contributed by atoms with Crippen molar-refractivity contribution < 1.29 is 0 Å². The molecule has 3 N–H and O–H groups in total. The monoisotopic (exact) mass is 464 g/mol. The predicted octanol–water partition coefficient (Wildman–Crippen LogP) is 4.64. The minimum Gasteiger partial charge on any atom is -0.326 e. The first-order valence-corrected chi connectivity index (χ1v) is 11.9. The van der Waals surface area contributed by atoms with E-state index in [1.54, 1.807) is 0 Å². The molecule has 0 saturated carbocycles. The third-order valence-electron chi connectivity index (χ3n) is 6.03. The fraction of sp³-hybridized carbons (Fsp3) is 0.222. The Morgan fingerprint density at radius 3 is 2.26 bits per heavy atom. The average Bonchev–Trinajstić information content (AvgIpc) is 3.59. The topological polar surface area (TPSA) is 111 Å². The number of nitrogens with zero attached hydrogens (tertiary/aromatic N) is 6. The third-order valence-corrected chi connectivity index (χ3v) is 6.03. The second-order valence-corrected chi connectivity index (χ2v) is 8.49. The van der Waals surface area contributed by atoms with Gasteiger partial charge >= 0.3 is 0 Å². The van der Waals surface area contributed by atoms with Crippen LogP contribution in [0.15, 0.2) is 72.8 Å². The van der Waals surface area contributed by atoms with E-state index in [2.05, 4.69) is 82.1 Å². The molecule has 0 radical (unpaired) electrons. The number of nitrogens with one attached hydrogen (secondary N) is 1. The van der Waals surface area contributed by atoms with Gasteiger partial charge in [0.05, 0.1) is 6.54 Å². The Hall–Kier alpha value is -4.17. The van der Waals surface area contributed by atoms with Gasteiger partial charge in [0, 0.05) is 24.1 Å². The number of rotatable bonds is 9. The fourth-order valence-corrected chi connectivity index (χ4v) is 4.11. The van der Waals surface area contributed by atoms with Crippen LogP contribution < -0.4 is 5.73 Å². The maximum Gasteiger partial charge on any atom is 0.205 e. The zero-order chi connectivity index (χ0) is 24.0. The second-order valence-electron chi connectivity index (χ2n) is 8.49. The smallest absolute Gasteiger partial charge is 0.205 e. The fourth-order valence-electron chi connectivity index (χ4n) is 4.11. The van der Waals surface area contributed by atoms with Gasteiger partial charge in [-0.2, -0.15) is 10.3 Å². The molecule has 0 saturated heterocycles. The standard InChI is InChI=1S/C27H28N8/c1-2-3-8-25-29-27(22-15-9-19(17-28)10-16-22)35(32-25)18-20-11-13-21(14-12-20)23-6-4-5-7-24(23)26-30-33-34-31-26/h4-7,9-16H,2-3,8,17-18,28H2,1H3,(H,30,31,33,34). The summed E-state index contributed by atoms with van der Waals surface area (Å²) in [6.45, 7) is 3.35. The average molecular weight is 465 g/mol. The van der Waals surface area contributed by atoms with E-state index in [1.807, 2.05) is 22.9 Å². The highest BCUT2D eigenvalue weighted by molar-refractivity contribution is 5.80. The summed E-state index contributed by atoms with van der Waals surface area (Å²) in [6, 6.07) is 24.8. The van der Waals surface area contributed by atoms with E-state index in [9.17, 15) is 0 Å². The zero-order valence-corrected chi connectivity index (χ0v) is 19.7. The number of benzene rings is 3. The van der Waals surface area contributed by atoms with E-state index >= 15 is 0 Å². The lowest BCUT2D eigenvalue weighted by atomic mass is 9.98. The van der Waals surface area contributed by atoms with E-state index < -0.39 is 0 Å². The first-order valence-electron chi connectivity index (χ1n) is 11.9. The van der Waals surface area contributed by atoms with E-state index in [4.69, 9.17) is 15.8 Å². The molecule has 0 aliphatic heterocycles. The molecule has 5 rings (SSSR count). The molecule has 176 valence electrons. The van der Waals surface area contributed by atoms with Gasteiger partial charge in [0.15, 0.2) is 11.6 Å². The van der Waals surface area contributed by atoms with Crippen LogP contribution in [0.5, 0.6) is 0 Å². The SMILES string of the molecule is CCCCc1nc(-c2ccc(CN)cc2)n(Cc2ccc(-c3ccccc3-c3nn[nH]n3)cc2)n1. The number of aryl methyl sites for hydroxylation is 1. The third kappa shape index (κ3) is 5.02. The van der Waals surface area contributed by atoms with Gasteiger partial charge in [0.2, 0.25) is 5.82 Å². The zero-order valence-electron chi connectivity index (χ0n) is 19.7. The van der Waals surface area contributed by atoms with E-state index in [1.165, 1.54) is 0 Å². The molecule has 0 spiro atoms. The lowest BCUT2D eigenvalue weighted by Gasteiger charge is -2.10. The van der Waals surface area contributed by atoms with Crippen LogP contribution >= 0.6 is 0 Å². The second kappa shape index (κ2) is 10.4. The molecule has 0 fully saturated rings. The number of H-pyrrole nitrogens is 1. The van der Waals surface area contributed by atoms with Crippen molar-refractivity contribution in [3.63, 3.8) is 0 Å². The largest absolute Gasteiger partial charge is 0.326 e. The number of nitrogens with two attached hydrogens (primary N) is 1. The van der Waals surface area contributed by atoms with Crippen LogP contribution in [0, 0.1) is 0 Å². The Morgan fingerprint density at radius 2 is 1.57 bits per heavy atom. The number of hydrogen-bond acceptors (Lipinski definition) is 6. The number of hydrogen-bond donors (Lipinski definition) is 2. The lowest BCUT2D eigenvalue weighted by molar-refractivity contribution is 0.666. The van der Waals surface area contributed by atoms with Gasteiger partial charge in [-0.3, -0.25) is 0 Å². The minimum absolute atomic E-state index is 0.525. The van der Waals surface area contributed by atoms with Crippen LogP contribution in [0.25, 0.3) is 33.9 Å². The van der Waals surface area contributed by atoms with Crippen LogP contribution in [0.4, 0.5) is 0 Å². The molecule has 0 aliphatic rings. The van der Waals surface area contributed by atoms with Crippen molar-refractivity contribution in [2.45, 2.75) is 39.3 Å². The summed E-state index contributed by atoms with van der Waals surface area (Å²) in [4.78, 5) is 4.87. The van der Waals surface area contributed by atoms with Crippen LogP contribution in [-0.2, 0) is 19.5 Å². The molecule has 35 heavy (non-hydrogen) atoms. The van der Waals surface area contributed by atoms with Crippen LogP contribution in [0.1, 0.15) is 36.7 Å². The summed E-state index contributed by atoms with van der Waals surface area (Å²) in [6.07, 6.45) is 3.06. The van der Waals surface area contributed by atoms with Gasteiger partial charge in [-0.15, -0.1) is 10.2 Å². The van der Waals surface area contributed by atoms with Gasteiger partial charge in [0.1, 0.15) is 0 Å². The Morgan fingerprint density at radius 1 is 0.857 bits per heavy atom. The molecule has 5 aromatic rings. The van der Waals surface area contributed by atoms with Gasteiger partial charge in [-0.1, -0.05) is 86.1 Å². The summed E-state index contributed by atoms with van der Waals surface area (Å²) in [5.41, 5.74) is 12.2. The van der Waals surface area contributed by atoms with Crippen molar-refractivity contribution in [1.29, 1.82) is 0 Å². The molecule has 0 bridgehead atoms. The Kier molecular flexibility index (Phi) is 6.72. The first-order chi connectivity index (χ1) is 17.2. The highest BCUT2D eigenvalue weighted by Gasteiger charge is 2.14. The number of unbranched alkanes of at least 4 members (excludes halogenated alkanes) is 1. The Balaban J connectivity index is 1.43. The maximum absolute atomic E-state index is 5.78. The predicted molar refractivity (Wildman–Crippen MR) is 136 cm³/mol. The summed E-state index contributed by atoms with van der Waals surface area (Å²) in [7, 11) is 0. The van der Waals surface area contributed by atoms with Crippen LogP contribution in [0.3, 0.4) is 0 Å². The molecule has 8 nitrogen and oxygen atoms in total. The van der Waals surface area contributed by atoms with Gasteiger partial charge < -0.3 is 5.73 Å². The molecule has 0 unspecified atom stereocenters. The highest BCUT2D eigenvalue weighted by Crippen LogP contribution is 2.30. The van der Waals surface area contributed by atoms with Crippen LogP contribution in [-0.4, -0.2) is 35.4 Å². The van der Waals surface area contributed by atoms with Crippen molar-refractivity contribution >= 4 is 0 Å². The van der Waals surface area contributed by atoms with E-state index in [-0.39, 0.29) is 0 Å². The summed E-state index contributed by atoms with van der Waals surface area (Å²) in [5.74, 6) is 2.35. The van der Waals surface area contributed by atoms with Crippen molar-refractivity contribution in [3.8, 4) is 33.9 Å². The van der Waals surface area contributed by atoms with E-state index in [0.717, 1.165) is 64.3 Å². The molecular formula is C27H28N8. The highest BCUT2D eigenvalue weighted by atomic mass is 15.5. The maximum atomic E-state index is 5.78. The molecule has 0 aliphatic carbocycles. The molecular weight excluding hydrogens is 436 g/mol. The number of aromatic amines is 1. The Labute approximate surface area is 204 Å². The lowest BCUT2D eigenvalue weighted by Crippen LogP contribution is -2.05. The van der Waals surface area contributed by atoms with Crippen molar-refractivity contribution in [1.82, 2.24) is 35.4 Å².